The van der Waals surface area contributed by atoms with Gasteiger partial charge in [0.1, 0.15) is 0 Å². The summed E-state index contributed by atoms with van der Waals surface area (Å²) in [5, 5.41) is 0. The number of hydrogen-bond donors (Lipinski definition) is 0. The van der Waals surface area contributed by atoms with Gasteiger partial charge in [-0.2, -0.15) is 4.31 Å². The second-order valence-electron chi connectivity index (χ2n) is 9.27. The predicted molar refractivity (Wildman–Crippen MR) is 124 cm³/mol. The summed E-state index contributed by atoms with van der Waals surface area (Å²) in [6.45, 7) is 5.62. The zero-order chi connectivity index (χ0) is 22.9. The van der Waals surface area contributed by atoms with E-state index in [1.807, 2.05) is 13.8 Å². The van der Waals surface area contributed by atoms with Crippen LogP contribution in [0.2, 0.25) is 0 Å². The van der Waals surface area contributed by atoms with Crippen LogP contribution in [0.15, 0.2) is 29.2 Å². The molecule has 0 N–H and O–H groups in total. The molecule has 2 saturated heterocycles. The van der Waals surface area contributed by atoms with Gasteiger partial charge in [0.25, 0.3) is 0 Å². The van der Waals surface area contributed by atoms with Crippen LogP contribution in [0, 0.1) is 11.8 Å². The van der Waals surface area contributed by atoms with Crippen molar-refractivity contribution in [1.82, 2.24) is 9.21 Å². The molecule has 2 atom stereocenters. The van der Waals surface area contributed by atoms with Crippen LogP contribution in [0.25, 0.3) is 0 Å². The fourth-order valence-electron chi connectivity index (χ4n) is 5.77. The van der Waals surface area contributed by atoms with E-state index < -0.39 is 10.0 Å². The molecule has 3 fully saturated rings. The molecule has 2 aliphatic heterocycles. The lowest BCUT2D eigenvalue weighted by Gasteiger charge is -2.31. The van der Waals surface area contributed by atoms with Crippen LogP contribution < -0.4 is 4.90 Å². The molecule has 0 spiro atoms. The number of nitrogens with zero attached hydrogens (tertiary/aromatic N) is 3. The van der Waals surface area contributed by atoms with E-state index in [0.717, 1.165) is 19.4 Å². The van der Waals surface area contributed by atoms with E-state index >= 15 is 0 Å². The monoisotopic (exact) mass is 461 g/mol. The molecular weight excluding hydrogens is 426 g/mol. The molecule has 3 aliphatic rings. The molecule has 2 unspecified atom stereocenters. The minimum atomic E-state index is -3.54. The molecule has 1 saturated carbocycles. The summed E-state index contributed by atoms with van der Waals surface area (Å²) in [4.78, 5) is 30.0. The standard InChI is InChI=1S/C24H35N3O4S/c1-3-25(4-2)32(30,31)21-13-11-20(12-14-21)27-17-19(16-23(27)28)24(29)26-15-7-10-22(26)18-8-5-6-9-18/h11-14,18-19,22H,3-10,15-17H2,1-2H3. The lowest BCUT2D eigenvalue weighted by atomic mass is 9.95. The Hall–Kier alpha value is -1.93. The van der Waals surface area contributed by atoms with Crippen LogP contribution in [0.3, 0.4) is 0 Å². The van der Waals surface area contributed by atoms with Crippen LogP contribution in [-0.4, -0.2) is 61.7 Å². The first kappa shape index (κ1) is 23.2. The zero-order valence-electron chi connectivity index (χ0n) is 19.2. The van der Waals surface area contributed by atoms with Crippen molar-refractivity contribution in [3.05, 3.63) is 24.3 Å². The molecule has 4 rings (SSSR count). The third-order valence-electron chi connectivity index (χ3n) is 7.49. The Labute approximate surface area is 191 Å². The predicted octanol–water partition coefficient (Wildman–Crippen LogP) is 3.25. The molecular formula is C24H35N3O4S. The van der Waals surface area contributed by atoms with Gasteiger partial charge in [0.15, 0.2) is 0 Å². The fourth-order valence-corrected chi connectivity index (χ4v) is 7.22. The van der Waals surface area contributed by atoms with E-state index in [2.05, 4.69) is 4.90 Å². The lowest BCUT2D eigenvalue weighted by Crippen LogP contribution is -2.43. The highest BCUT2D eigenvalue weighted by atomic mass is 32.2. The van der Waals surface area contributed by atoms with Gasteiger partial charge < -0.3 is 9.80 Å². The maximum atomic E-state index is 13.3. The minimum Gasteiger partial charge on any atom is -0.339 e. The summed E-state index contributed by atoms with van der Waals surface area (Å²) in [6, 6.07) is 6.82. The highest BCUT2D eigenvalue weighted by Crippen LogP contribution is 2.37. The molecule has 176 valence electrons. The van der Waals surface area contributed by atoms with Gasteiger partial charge in [0.05, 0.1) is 10.8 Å². The number of carbonyl (C=O) groups is 2. The number of hydrogen-bond acceptors (Lipinski definition) is 4. The largest absolute Gasteiger partial charge is 0.339 e. The van der Waals surface area contributed by atoms with E-state index in [4.69, 9.17) is 0 Å². The molecule has 32 heavy (non-hydrogen) atoms. The van der Waals surface area contributed by atoms with Crippen molar-refractivity contribution in [2.45, 2.75) is 69.7 Å². The van der Waals surface area contributed by atoms with Crippen molar-refractivity contribution in [3.63, 3.8) is 0 Å². The molecule has 7 nitrogen and oxygen atoms in total. The number of amides is 2. The SMILES string of the molecule is CCN(CC)S(=O)(=O)c1ccc(N2CC(C(=O)N3CCCC3C3CCCC3)CC2=O)cc1. The third kappa shape index (κ3) is 4.31. The first-order valence-electron chi connectivity index (χ1n) is 12.1. The first-order chi connectivity index (χ1) is 15.4. The van der Waals surface area contributed by atoms with Gasteiger partial charge >= 0.3 is 0 Å². The summed E-state index contributed by atoms with van der Waals surface area (Å²) in [6.07, 6.45) is 7.33. The second kappa shape index (κ2) is 9.51. The maximum Gasteiger partial charge on any atom is 0.243 e. The topological polar surface area (TPSA) is 78.0 Å². The highest BCUT2D eigenvalue weighted by Gasteiger charge is 2.42. The summed E-state index contributed by atoms with van der Waals surface area (Å²) in [7, 11) is -3.54. The average Bonchev–Trinajstić information content (AvgIpc) is 3.54. The van der Waals surface area contributed by atoms with Gasteiger partial charge in [0, 0.05) is 44.3 Å². The van der Waals surface area contributed by atoms with E-state index in [0.29, 0.717) is 37.3 Å². The molecule has 8 heteroatoms. The molecule has 2 heterocycles. The van der Waals surface area contributed by atoms with Gasteiger partial charge in [-0.25, -0.2) is 8.42 Å². The third-order valence-corrected chi connectivity index (χ3v) is 9.56. The summed E-state index contributed by atoms with van der Waals surface area (Å²) >= 11 is 0. The Morgan fingerprint density at radius 1 is 1.03 bits per heavy atom. The Balaban J connectivity index is 1.45. The van der Waals surface area contributed by atoms with Gasteiger partial charge in [-0.1, -0.05) is 26.7 Å². The number of anilines is 1. The number of carbonyl (C=O) groups excluding carboxylic acids is 2. The molecule has 1 aromatic rings. The molecule has 2 amide bonds. The normalized spacial score (nSPS) is 24.8. The van der Waals surface area contributed by atoms with Crippen molar-refractivity contribution in [2.75, 3.05) is 31.1 Å². The average molecular weight is 462 g/mol. The first-order valence-corrected chi connectivity index (χ1v) is 13.5. The quantitative estimate of drug-likeness (QED) is 0.624. The van der Waals surface area contributed by atoms with Gasteiger partial charge in [-0.3, -0.25) is 9.59 Å². The number of benzene rings is 1. The van der Waals surface area contributed by atoms with Crippen LogP contribution in [-0.2, 0) is 19.6 Å². The summed E-state index contributed by atoms with van der Waals surface area (Å²) in [5.41, 5.74) is 0.651. The van der Waals surface area contributed by atoms with Crippen LogP contribution >= 0.6 is 0 Å². The van der Waals surface area contributed by atoms with Crippen molar-refractivity contribution in [3.8, 4) is 0 Å². The number of sulfonamides is 1. The van der Waals surface area contributed by atoms with Gasteiger partial charge in [-0.15, -0.1) is 0 Å². The smallest absolute Gasteiger partial charge is 0.243 e. The van der Waals surface area contributed by atoms with Crippen molar-refractivity contribution >= 4 is 27.5 Å². The number of likely N-dealkylation sites (tertiary alicyclic amines) is 1. The molecule has 1 aliphatic carbocycles. The molecule has 1 aromatic carbocycles. The van der Waals surface area contributed by atoms with Crippen molar-refractivity contribution < 1.29 is 18.0 Å². The van der Waals surface area contributed by atoms with Gasteiger partial charge in [-0.05, 0) is 55.9 Å². The van der Waals surface area contributed by atoms with Gasteiger partial charge in [0.2, 0.25) is 21.8 Å². The highest BCUT2D eigenvalue weighted by molar-refractivity contribution is 7.89. The van der Waals surface area contributed by atoms with Crippen molar-refractivity contribution in [2.24, 2.45) is 11.8 Å². The second-order valence-corrected chi connectivity index (χ2v) is 11.2. The van der Waals surface area contributed by atoms with Crippen LogP contribution in [0.5, 0.6) is 0 Å². The molecule has 0 radical (unpaired) electrons. The lowest BCUT2D eigenvalue weighted by molar-refractivity contribution is -0.137. The van der Waals surface area contributed by atoms with E-state index in [1.54, 1.807) is 29.2 Å². The van der Waals surface area contributed by atoms with E-state index in [1.165, 1.54) is 30.0 Å². The fraction of sp³-hybridized carbons (Fsp3) is 0.667. The van der Waals surface area contributed by atoms with Crippen LogP contribution in [0.1, 0.15) is 58.8 Å². The number of rotatable bonds is 7. The Morgan fingerprint density at radius 2 is 1.69 bits per heavy atom. The maximum absolute atomic E-state index is 13.3. The zero-order valence-corrected chi connectivity index (χ0v) is 20.0. The minimum absolute atomic E-state index is 0.0701. The Bertz CT molecular complexity index is 936. The Kier molecular flexibility index (Phi) is 6.91. The Morgan fingerprint density at radius 3 is 2.31 bits per heavy atom. The molecule has 0 aromatic heterocycles. The summed E-state index contributed by atoms with van der Waals surface area (Å²) in [5.74, 6) is 0.355. The summed E-state index contributed by atoms with van der Waals surface area (Å²) < 4.78 is 26.8. The van der Waals surface area contributed by atoms with E-state index in [9.17, 15) is 18.0 Å². The molecule has 0 bridgehead atoms. The van der Waals surface area contributed by atoms with E-state index in [-0.39, 0.29) is 29.0 Å². The van der Waals surface area contributed by atoms with Crippen LogP contribution in [0.4, 0.5) is 5.69 Å². The van der Waals surface area contributed by atoms with Crippen molar-refractivity contribution in [1.29, 1.82) is 0 Å².